The summed E-state index contributed by atoms with van der Waals surface area (Å²) in [6.07, 6.45) is 6.24. The van der Waals surface area contributed by atoms with Crippen molar-refractivity contribution in [1.29, 1.82) is 5.41 Å². The van der Waals surface area contributed by atoms with Crippen molar-refractivity contribution >= 4 is 11.5 Å². The third-order valence-corrected chi connectivity index (χ3v) is 8.01. The van der Waals surface area contributed by atoms with Gasteiger partial charge in [-0.25, -0.2) is 4.39 Å². The second-order valence-corrected chi connectivity index (χ2v) is 9.08. The summed E-state index contributed by atoms with van der Waals surface area (Å²) < 4.78 is 14.2. The Morgan fingerprint density at radius 3 is 2.65 bits per heavy atom. The van der Waals surface area contributed by atoms with Gasteiger partial charge in [0.25, 0.3) is 0 Å². The van der Waals surface area contributed by atoms with Gasteiger partial charge in [0, 0.05) is 11.1 Å². The summed E-state index contributed by atoms with van der Waals surface area (Å²) in [5.74, 6) is 1.60. The minimum atomic E-state index is -1.23. The van der Waals surface area contributed by atoms with E-state index in [0.717, 1.165) is 37.8 Å². The predicted octanol–water partition coefficient (Wildman–Crippen LogP) is 4.73. The lowest BCUT2D eigenvalue weighted by Gasteiger charge is -2.58. The summed E-state index contributed by atoms with van der Waals surface area (Å²) >= 11 is 0. The molecule has 1 N–H and O–H groups in total. The maximum absolute atomic E-state index is 14.2. The third-order valence-electron chi connectivity index (χ3n) is 8.01. The molecule has 2 nitrogen and oxygen atoms in total. The molecule has 7 atom stereocenters. The summed E-state index contributed by atoms with van der Waals surface area (Å²) in [6.45, 7) is 6.68. The second kappa shape index (κ2) is 4.77. The Kier molecular flexibility index (Phi) is 3.22. The summed E-state index contributed by atoms with van der Waals surface area (Å²) in [5, 5.41) is 8.05. The van der Waals surface area contributed by atoms with Crippen LogP contribution in [0.3, 0.4) is 0 Å². The van der Waals surface area contributed by atoms with Crippen LogP contribution in [-0.4, -0.2) is 17.7 Å². The van der Waals surface area contributed by atoms with Crippen molar-refractivity contribution < 1.29 is 9.18 Å². The normalized spacial score (nSPS) is 52.5. The highest BCUT2D eigenvalue weighted by Crippen LogP contribution is 2.65. The second-order valence-electron chi connectivity index (χ2n) is 9.08. The number of Topliss-reactive ketones (excluding diaryl/α,β-unsaturated/α-hetero) is 1. The number of fused-ring (bicyclic) bond motifs is 5. The molecular formula is C20H28FNO. The van der Waals surface area contributed by atoms with E-state index in [9.17, 15) is 9.18 Å². The lowest BCUT2D eigenvalue weighted by Crippen LogP contribution is -2.52. The topological polar surface area (TPSA) is 40.9 Å². The average Bonchev–Trinajstić information content (AvgIpc) is 2.73. The average molecular weight is 317 g/mol. The molecule has 6 unspecified atom stereocenters. The lowest BCUT2D eigenvalue weighted by molar-refractivity contribution is -0.135. The highest BCUT2D eigenvalue weighted by Gasteiger charge is 2.62. The van der Waals surface area contributed by atoms with Gasteiger partial charge in [-0.2, -0.15) is 0 Å². The van der Waals surface area contributed by atoms with Crippen molar-refractivity contribution in [2.75, 3.05) is 0 Å². The first-order valence-electron chi connectivity index (χ1n) is 9.25. The van der Waals surface area contributed by atoms with Crippen LogP contribution in [0.1, 0.15) is 59.3 Å². The van der Waals surface area contributed by atoms with Gasteiger partial charge in [-0.3, -0.25) is 4.79 Å². The predicted molar refractivity (Wildman–Crippen MR) is 89.3 cm³/mol. The molecule has 0 amide bonds. The molecule has 0 aliphatic heterocycles. The van der Waals surface area contributed by atoms with E-state index >= 15 is 0 Å². The van der Waals surface area contributed by atoms with Crippen LogP contribution in [0.2, 0.25) is 0 Å². The van der Waals surface area contributed by atoms with E-state index in [-0.39, 0.29) is 17.1 Å². The summed E-state index contributed by atoms with van der Waals surface area (Å²) in [5.41, 5.74) is 1.97. The van der Waals surface area contributed by atoms with Crippen molar-refractivity contribution in [2.24, 2.45) is 34.5 Å². The maximum Gasteiger partial charge on any atom is 0.173 e. The molecule has 126 valence electrons. The fourth-order valence-corrected chi connectivity index (χ4v) is 6.76. The fraction of sp³-hybridized carbons (Fsp3) is 0.800. The number of halogens is 1. The molecule has 4 aliphatic rings. The molecule has 0 bridgehead atoms. The Morgan fingerprint density at radius 2 is 1.91 bits per heavy atom. The molecule has 0 spiro atoms. The van der Waals surface area contributed by atoms with Crippen molar-refractivity contribution in [1.82, 2.24) is 0 Å². The molecule has 4 aliphatic carbocycles. The first-order valence-corrected chi connectivity index (χ1v) is 9.25. The fourth-order valence-electron chi connectivity index (χ4n) is 6.76. The molecule has 4 rings (SSSR count). The number of carbonyl (C=O) groups excluding carboxylic acids is 1. The third kappa shape index (κ3) is 1.91. The molecule has 3 saturated carbocycles. The minimum Gasteiger partial charge on any atom is -0.305 e. The SMILES string of the molecule is CC1CC2C3C[C@@H](F)C(=O)C3(C)CCC2C2(C)CCC(=N)C=C12. The van der Waals surface area contributed by atoms with Gasteiger partial charge in [0.15, 0.2) is 12.0 Å². The molecular weight excluding hydrogens is 289 g/mol. The number of rotatable bonds is 0. The van der Waals surface area contributed by atoms with Crippen LogP contribution >= 0.6 is 0 Å². The summed E-state index contributed by atoms with van der Waals surface area (Å²) in [4.78, 5) is 12.4. The number of hydrogen-bond donors (Lipinski definition) is 1. The zero-order valence-electron chi connectivity index (χ0n) is 14.5. The Labute approximate surface area is 138 Å². The van der Waals surface area contributed by atoms with E-state index < -0.39 is 11.6 Å². The molecule has 0 heterocycles. The smallest absolute Gasteiger partial charge is 0.173 e. The van der Waals surface area contributed by atoms with Crippen LogP contribution < -0.4 is 0 Å². The molecule has 23 heavy (non-hydrogen) atoms. The molecule has 0 saturated heterocycles. The Bertz CT molecular complexity index is 611. The molecule has 3 heteroatoms. The first kappa shape index (κ1) is 15.5. The van der Waals surface area contributed by atoms with E-state index in [1.807, 2.05) is 6.92 Å². The van der Waals surface area contributed by atoms with Crippen LogP contribution in [0.15, 0.2) is 11.6 Å². The number of ketones is 1. The van der Waals surface area contributed by atoms with Gasteiger partial charge in [-0.05, 0) is 73.7 Å². The van der Waals surface area contributed by atoms with Crippen LogP contribution in [-0.2, 0) is 4.79 Å². The van der Waals surface area contributed by atoms with E-state index in [0.29, 0.717) is 24.2 Å². The van der Waals surface area contributed by atoms with Crippen LogP contribution in [0, 0.1) is 39.9 Å². The number of carbonyl (C=O) groups is 1. The number of hydrogen-bond acceptors (Lipinski definition) is 2. The standard InChI is InChI=1S/C20H28FNO/c1-11-8-13-14(19(2)6-4-12(22)9-15(11)19)5-7-20(3)16(13)10-17(21)18(20)23/h9,11,13-14,16-17,22H,4-8,10H2,1-3H3/t11?,13?,14?,16?,17-,19?,20?/m1/s1. The van der Waals surface area contributed by atoms with Gasteiger partial charge in [-0.1, -0.05) is 26.3 Å². The van der Waals surface area contributed by atoms with Crippen LogP contribution in [0.25, 0.3) is 0 Å². The highest BCUT2D eigenvalue weighted by atomic mass is 19.1. The van der Waals surface area contributed by atoms with Gasteiger partial charge in [-0.15, -0.1) is 0 Å². The largest absolute Gasteiger partial charge is 0.305 e. The van der Waals surface area contributed by atoms with E-state index in [4.69, 9.17) is 5.41 Å². The zero-order valence-corrected chi connectivity index (χ0v) is 14.5. The number of alkyl halides is 1. The number of nitrogens with one attached hydrogen (secondary N) is 1. The van der Waals surface area contributed by atoms with Gasteiger partial charge < -0.3 is 5.41 Å². The molecule has 0 aromatic heterocycles. The Hall–Kier alpha value is -0.990. The van der Waals surface area contributed by atoms with E-state index in [2.05, 4.69) is 19.9 Å². The summed E-state index contributed by atoms with van der Waals surface area (Å²) in [7, 11) is 0. The van der Waals surface area contributed by atoms with E-state index in [1.54, 1.807) is 0 Å². The van der Waals surface area contributed by atoms with Gasteiger partial charge in [0.2, 0.25) is 0 Å². The van der Waals surface area contributed by atoms with Crippen molar-refractivity contribution in [2.45, 2.75) is 65.5 Å². The minimum absolute atomic E-state index is 0.120. The van der Waals surface area contributed by atoms with Crippen LogP contribution in [0.5, 0.6) is 0 Å². The van der Waals surface area contributed by atoms with Crippen molar-refractivity contribution in [3.05, 3.63) is 11.6 Å². The maximum atomic E-state index is 14.2. The highest BCUT2D eigenvalue weighted by molar-refractivity contribution is 5.94. The van der Waals surface area contributed by atoms with Crippen molar-refractivity contribution in [3.63, 3.8) is 0 Å². The lowest BCUT2D eigenvalue weighted by atomic mass is 9.46. The molecule has 0 aromatic carbocycles. The summed E-state index contributed by atoms with van der Waals surface area (Å²) in [6, 6.07) is 0. The van der Waals surface area contributed by atoms with Crippen molar-refractivity contribution in [3.8, 4) is 0 Å². The Balaban J connectivity index is 1.74. The molecule has 0 radical (unpaired) electrons. The first-order chi connectivity index (χ1) is 10.8. The zero-order chi connectivity index (χ0) is 16.6. The number of allylic oxidation sites excluding steroid dienone is 2. The Morgan fingerprint density at radius 1 is 1.17 bits per heavy atom. The van der Waals surface area contributed by atoms with E-state index in [1.165, 1.54) is 5.57 Å². The monoisotopic (exact) mass is 317 g/mol. The molecule has 0 aromatic rings. The van der Waals surface area contributed by atoms with Gasteiger partial charge in [0.1, 0.15) is 0 Å². The quantitative estimate of drug-likeness (QED) is 0.689. The van der Waals surface area contributed by atoms with Crippen LogP contribution in [0.4, 0.5) is 4.39 Å². The molecule has 3 fully saturated rings. The van der Waals surface area contributed by atoms with Gasteiger partial charge >= 0.3 is 0 Å². The van der Waals surface area contributed by atoms with Gasteiger partial charge in [0.05, 0.1) is 0 Å².